The van der Waals surface area contributed by atoms with E-state index in [4.69, 9.17) is 5.73 Å². The lowest BCUT2D eigenvalue weighted by atomic mass is 9.97. The average Bonchev–Trinajstić information content (AvgIpc) is 2.12. The Kier molecular flexibility index (Phi) is 4.40. The minimum Gasteiger partial charge on any atom is -0.330 e. The zero-order valence-electron chi connectivity index (χ0n) is 9.06. The van der Waals surface area contributed by atoms with Crippen LogP contribution in [-0.2, 0) is 0 Å². The van der Waals surface area contributed by atoms with Gasteiger partial charge >= 0.3 is 6.18 Å². The van der Waals surface area contributed by atoms with Gasteiger partial charge in [-0.25, -0.2) is 0 Å². The summed E-state index contributed by atoms with van der Waals surface area (Å²) in [5.74, 6) is 0.362. The van der Waals surface area contributed by atoms with Crippen molar-refractivity contribution in [3.05, 3.63) is 0 Å². The van der Waals surface area contributed by atoms with Crippen LogP contribution in [0.4, 0.5) is 13.2 Å². The Balaban J connectivity index is 2.62. The van der Waals surface area contributed by atoms with Gasteiger partial charge in [-0.3, -0.25) is 4.90 Å². The maximum Gasteiger partial charge on any atom is 0.404 e. The topological polar surface area (TPSA) is 29.3 Å². The van der Waals surface area contributed by atoms with Crippen molar-refractivity contribution in [2.24, 2.45) is 11.7 Å². The molecule has 2 atom stereocenters. The van der Waals surface area contributed by atoms with Crippen LogP contribution in [0.15, 0.2) is 0 Å². The van der Waals surface area contributed by atoms with E-state index in [-0.39, 0.29) is 13.0 Å². The lowest BCUT2D eigenvalue weighted by Crippen LogP contribution is -2.50. The molecule has 90 valence electrons. The van der Waals surface area contributed by atoms with E-state index in [1.165, 1.54) is 0 Å². The molecular weight excluding hydrogens is 205 g/mol. The normalized spacial score (nSPS) is 26.6. The highest BCUT2D eigenvalue weighted by Gasteiger charge is 2.43. The molecule has 0 spiro atoms. The second-order valence-electron chi connectivity index (χ2n) is 4.38. The van der Waals surface area contributed by atoms with Crippen molar-refractivity contribution < 1.29 is 13.2 Å². The van der Waals surface area contributed by atoms with Crippen LogP contribution < -0.4 is 5.73 Å². The molecule has 0 aromatic heterocycles. The number of hydrogen-bond acceptors (Lipinski definition) is 2. The molecule has 0 saturated carbocycles. The smallest absolute Gasteiger partial charge is 0.330 e. The van der Waals surface area contributed by atoms with E-state index in [0.29, 0.717) is 19.0 Å². The van der Waals surface area contributed by atoms with Crippen LogP contribution in [0.3, 0.4) is 0 Å². The third-order valence-electron chi connectivity index (χ3n) is 2.95. The summed E-state index contributed by atoms with van der Waals surface area (Å²) in [7, 11) is 0. The number of rotatable bonds is 3. The zero-order chi connectivity index (χ0) is 11.5. The number of nitrogens with two attached hydrogens (primary N) is 1. The first-order valence-electron chi connectivity index (χ1n) is 5.46. The monoisotopic (exact) mass is 224 g/mol. The Bertz CT molecular complexity index is 194. The summed E-state index contributed by atoms with van der Waals surface area (Å²) in [5, 5.41) is 0. The lowest BCUT2D eigenvalue weighted by Gasteiger charge is -2.38. The van der Waals surface area contributed by atoms with E-state index < -0.39 is 12.2 Å². The van der Waals surface area contributed by atoms with Crippen molar-refractivity contribution >= 4 is 0 Å². The Morgan fingerprint density at radius 2 is 2.13 bits per heavy atom. The van der Waals surface area contributed by atoms with Crippen LogP contribution in [0.2, 0.25) is 0 Å². The molecule has 1 aliphatic heterocycles. The molecule has 0 amide bonds. The van der Waals surface area contributed by atoms with Gasteiger partial charge < -0.3 is 5.73 Å². The Hall–Kier alpha value is -0.290. The predicted molar refractivity (Wildman–Crippen MR) is 53.5 cm³/mol. The molecule has 1 saturated heterocycles. The fourth-order valence-electron chi connectivity index (χ4n) is 2.22. The van der Waals surface area contributed by atoms with Gasteiger partial charge in [0.25, 0.3) is 0 Å². The molecule has 0 aliphatic carbocycles. The molecule has 15 heavy (non-hydrogen) atoms. The van der Waals surface area contributed by atoms with E-state index in [9.17, 15) is 13.2 Å². The van der Waals surface area contributed by atoms with Crippen molar-refractivity contribution in [2.75, 3.05) is 19.6 Å². The highest BCUT2D eigenvalue weighted by atomic mass is 19.4. The van der Waals surface area contributed by atoms with Crippen LogP contribution in [0.25, 0.3) is 0 Å². The molecule has 1 heterocycles. The second-order valence-corrected chi connectivity index (χ2v) is 4.38. The molecule has 5 heteroatoms. The maximum absolute atomic E-state index is 12.7. The Morgan fingerprint density at radius 3 is 2.60 bits per heavy atom. The molecule has 0 aromatic rings. The van der Waals surface area contributed by atoms with Gasteiger partial charge in [0.1, 0.15) is 6.04 Å². The second kappa shape index (κ2) is 5.16. The maximum atomic E-state index is 12.7. The van der Waals surface area contributed by atoms with E-state index in [1.807, 2.05) is 6.92 Å². The molecule has 2 N–H and O–H groups in total. The van der Waals surface area contributed by atoms with E-state index in [1.54, 1.807) is 4.90 Å². The number of hydrogen-bond donors (Lipinski definition) is 1. The molecule has 2 unspecified atom stereocenters. The summed E-state index contributed by atoms with van der Waals surface area (Å²) in [6.45, 7) is 3.19. The van der Waals surface area contributed by atoms with E-state index >= 15 is 0 Å². The quantitative estimate of drug-likeness (QED) is 0.794. The third-order valence-corrected chi connectivity index (χ3v) is 2.95. The van der Waals surface area contributed by atoms with Gasteiger partial charge in [0.05, 0.1) is 0 Å². The van der Waals surface area contributed by atoms with Crippen LogP contribution in [0.1, 0.15) is 26.2 Å². The van der Waals surface area contributed by atoms with Gasteiger partial charge in [-0.05, 0) is 38.3 Å². The number of piperidine rings is 1. The first-order valence-corrected chi connectivity index (χ1v) is 5.46. The van der Waals surface area contributed by atoms with Gasteiger partial charge in [-0.15, -0.1) is 0 Å². The van der Waals surface area contributed by atoms with Gasteiger partial charge in [0.2, 0.25) is 0 Å². The van der Waals surface area contributed by atoms with E-state index in [2.05, 4.69) is 0 Å². The van der Waals surface area contributed by atoms with Crippen molar-refractivity contribution in [3.63, 3.8) is 0 Å². The van der Waals surface area contributed by atoms with E-state index in [0.717, 1.165) is 12.8 Å². The summed E-state index contributed by atoms with van der Waals surface area (Å²) in [6.07, 6.45) is -2.24. The summed E-state index contributed by atoms with van der Waals surface area (Å²) >= 11 is 0. The number of nitrogens with zero attached hydrogens (tertiary/aromatic N) is 1. The molecular formula is C10H19F3N2. The first-order chi connectivity index (χ1) is 6.95. The predicted octanol–water partition coefficient (Wildman–Crippen LogP) is 2.00. The van der Waals surface area contributed by atoms with Crippen molar-refractivity contribution in [2.45, 2.75) is 38.4 Å². The average molecular weight is 224 g/mol. The summed E-state index contributed by atoms with van der Waals surface area (Å²) in [4.78, 5) is 1.54. The molecule has 0 bridgehead atoms. The Morgan fingerprint density at radius 1 is 1.47 bits per heavy atom. The summed E-state index contributed by atoms with van der Waals surface area (Å²) in [5.41, 5.74) is 5.24. The first kappa shape index (κ1) is 12.8. The molecule has 1 fully saturated rings. The number of alkyl halides is 3. The van der Waals surface area contributed by atoms with Gasteiger partial charge in [0, 0.05) is 6.54 Å². The summed E-state index contributed by atoms with van der Waals surface area (Å²) < 4.78 is 38.2. The largest absolute Gasteiger partial charge is 0.404 e. The third kappa shape index (κ3) is 3.65. The Labute approximate surface area is 88.6 Å². The van der Waals surface area contributed by atoms with Crippen LogP contribution in [-0.4, -0.2) is 36.8 Å². The molecule has 1 aliphatic rings. The van der Waals surface area contributed by atoms with Crippen molar-refractivity contribution in [1.82, 2.24) is 4.90 Å². The standard InChI is InChI=1S/C10H19F3N2/c1-8-3-2-6-15(7-8)9(4-5-14)10(11,12)13/h8-9H,2-7,14H2,1H3. The molecule has 0 radical (unpaired) electrons. The van der Waals surface area contributed by atoms with Crippen LogP contribution >= 0.6 is 0 Å². The van der Waals surface area contributed by atoms with Gasteiger partial charge in [-0.2, -0.15) is 13.2 Å². The van der Waals surface area contributed by atoms with Crippen LogP contribution in [0, 0.1) is 5.92 Å². The minimum absolute atomic E-state index is 0.0101. The van der Waals surface area contributed by atoms with Crippen molar-refractivity contribution in [1.29, 1.82) is 0 Å². The highest BCUT2D eigenvalue weighted by Crippen LogP contribution is 2.30. The van der Waals surface area contributed by atoms with Gasteiger partial charge in [0.15, 0.2) is 0 Å². The lowest BCUT2D eigenvalue weighted by molar-refractivity contribution is -0.188. The fraction of sp³-hybridized carbons (Fsp3) is 1.00. The highest BCUT2D eigenvalue weighted by molar-refractivity contribution is 4.82. The van der Waals surface area contributed by atoms with Gasteiger partial charge in [-0.1, -0.05) is 6.92 Å². The number of halogens is 3. The SMILES string of the molecule is CC1CCCN(C(CCN)C(F)(F)F)C1. The molecule has 2 nitrogen and oxygen atoms in total. The van der Waals surface area contributed by atoms with Crippen molar-refractivity contribution in [3.8, 4) is 0 Å². The van der Waals surface area contributed by atoms with Crippen LogP contribution in [0.5, 0.6) is 0 Å². The number of likely N-dealkylation sites (tertiary alicyclic amines) is 1. The molecule has 1 rings (SSSR count). The minimum atomic E-state index is -4.14. The molecule has 0 aromatic carbocycles. The fourth-order valence-corrected chi connectivity index (χ4v) is 2.22. The summed E-state index contributed by atoms with van der Waals surface area (Å²) in [6, 6.07) is -1.34. The zero-order valence-corrected chi connectivity index (χ0v) is 9.06.